The number of rotatable bonds is 8. The van der Waals surface area contributed by atoms with Gasteiger partial charge in [0.25, 0.3) is 0 Å². The summed E-state index contributed by atoms with van der Waals surface area (Å²) in [5, 5.41) is 22.0. The van der Waals surface area contributed by atoms with E-state index in [1.54, 1.807) is 30.4 Å². The van der Waals surface area contributed by atoms with Gasteiger partial charge in [-0.1, -0.05) is 35.5 Å². The number of para-hydroxylation sites is 1. The maximum absolute atomic E-state index is 9.57. The molecule has 0 aliphatic heterocycles. The molecule has 0 fully saturated rings. The molecule has 0 aliphatic carbocycles. The SMILES string of the molecule is COc1cc(C=CC(CCCOc2ccccc2)=NO)ccc1O. The largest absolute Gasteiger partial charge is 0.504 e. The highest BCUT2D eigenvalue weighted by Crippen LogP contribution is 2.26. The number of ether oxygens (including phenoxy) is 2. The molecule has 0 aromatic heterocycles. The van der Waals surface area contributed by atoms with Crippen molar-refractivity contribution in [3.63, 3.8) is 0 Å². The number of phenols is 1. The van der Waals surface area contributed by atoms with Crippen molar-refractivity contribution in [2.24, 2.45) is 5.16 Å². The van der Waals surface area contributed by atoms with Crippen molar-refractivity contribution in [1.82, 2.24) is 0 Å². The van der Waals surface area contributed by atoms with Crippen LogP contribution in [0, 0.1) is 0 Å². The van der Waals surface area contributed by atoms with Gasteiger partial charge in [0, 0.05) is 0 Å². The van der Waals surface area contributed by atoms with Crippen molar-refractivity contribution in [2.45, 2.75) is 12.8 Å². The van der Waals surface area contributed by atoms with Crippen molar-refractivity contribution < 1.29 is 19.8 Å². The molecule has 0 unspecified atom stereocenters. The molecule has 5 heteroatoms. The summed E-state index contributed by atoms with van der Waals surface area (Å²) >= 11 is 0. The van der Waals surface area contributed by atoms with E-state index in [1.807, 2.05) is 30.3 Å². The molecule has 0 bridgehead atoms. The average molecular weight is 327 g/mol. The molecule has 2 aromatic carbocycles. The smallest absolute Gasteiger partial charge is 0.161 e. The van der Waals surface area contributed by atoms with Crippen molar-refractivity contribution >= 4 is 11.8 Å². The van der Waals surface area contributed by atoms with Crippen LogP contribution in [-0.2, 0) is 0 Å². The molecule has 0 heterocycles. The first-order valence-electron chi connectivity index (χ1n) is 7.67. The number of aromatic hydroxyl groups is 1. The summed E-state index contributed by atoms with van der Waals surface area (Å²) in [5.41, 5.74) is 1.39. The topological polar surface area (TPSA) is 71.3 Å². The molecule has 126 valence electrons. The van der Waals surface area contributed by atoms with E-state index in [0.29, 0.717) is 24.5 Å². The van der Waals surface area contributed by atoms with Gasteiger partial charge in [-0.3, -0.25) is 0 Å². The number of nitrogens with zero attached hydrogens (tertiary/aromatic N) is 1. The Morgan fingerprint density at radius 3 is 2.67 bits per heavy atom. The predicted molar refractivity (Wildman–Crippen MR) is 94.1 cm³/mol. The average Bonchev–Trinajstić information content (AvgIpc) is 2.63. The third-order valence-electron chi connectivity index (χ3n) is 3.39. The first-order chi connectivity index (χ1) is 11.7. The molecular weight excluding hydrogens is 306 g/mol. The lowest BCUT2D eigenvalue weighted by Gasteiger charge is -2.05. The van der Waals surface area contributed by atoms with Gasteiger partial charge in [-0.25, -0.2) is 0 Å². The predicted octanol–water partition coefficient (Wildman–Crippen LogP) is 4.10. The van der Waals surface area contributed by atoms with Crippen molar-refractivity contribution in [2.75, 3.05) is 13.7 Å². The van der Waals surface area contributed by atoms with Crippen LogP contribution in [0.15, 0.2) is 59.8 Å². The van der Waals surface area contributed by atoms with Crippen molar-refractivity contribution in [3.05, 3.63) is 60.2 Å². The third kappa shape index (κ3) is 5.35. The Balaban J connectivity index is 1.83. The van der Waals surface area contributed by atoms with E-state index in [2.05, 4.69) is 5.16 Å². The second-order valence-electron chi connectivity index (χ2n) is 5.12. The fraction of sp³-hybridized carbons (Fsp3) is 0.211. The van der Waals surface area contributed by atoms with Gasteiger partial charge in [-0.05, 0) is 48.7 Å². The number of oxime groups is 1. The molecule has 5 nitrogen and oxygen atoms in total. The number of methoxy groups -OCH3 is 1. The van der Waals surface area contributed by atoms with E-state index in [-0.39, 0.29) is 5.75 Å². The molecule has 2 aromatic rings. The Hall–Kier alpha value is -2.95. The van der Waals surface area contributed by atoms with E-state index >= 15 is 0 Å². The first-order valence-corrected chi connectivity index (χ1v) is 7.67. The zero-order chi connectivity index (χ0) is 17.2. The minimum absolute atomic E-state index is 0.0868. The van der Waals surface area contributed by atoms with Crippen LogP contribution in [0.1, 0.15) is 18.4 Å². The van der Waals surface area contributed by atoms with Crippen LogP contribution >= 0.6 is 0 Å². The van der Waals surface area contributed by atoms with Crippen molar-refractivity contribution in [3.8, 4) is 17.2 Å². The monoisotopic (exact) mass is 327 g/mol. The quantitative estimate of drug-likeness (QED) is 0.331. The molecule has 0 saturated carbocycles. The van der Waals surface area contributed by atoms with E-state index in [9.17, 15) is 5.11 Å². The summed E-state index contributed by atoms with van der Waals surface area (Å²) in [6.45, 7) is 0.546. The van der Waals surface area contributed by atoms with Gasteiger partial charge in [-0.2, -0.15) is 0 Å². The fourth-order valence-corrected chi connectivity index (χ4v) is 2.12. The van der Waals surface area contributed by atoms with Gasteiger partial charge < -0.3 is 19.8 Å². The summed E-state index contributed by atoms with van der Waals surface area (Å²) in [7, 11) is 1.50. The zero-order valence-electron chi connectivity index (χ0n) is 13.6. The number of benzene rings is 2. The molecule has 0 saturated heterocycles. The van der Waals surface area contributed by atoms with Crippen LogP contribution in [0.3, 0.4) is 0 Å². The lowest BCUT2D eigenvalue weighted by molar-refractivity contribution is 0.306. The number of phenolic OH excluding ortho intramolecular Hbond substituents is 1. The van der Waals surface area contributed by atoms with Gasteiger partial charge in [0.2, 0.25) is 0 Å². The Bertz CT molecular complexity index is 696. The van der Waals surface area contributed by atoms with Crippen LogP contribution in [0.4, 0.5) is 0 Å². The highest BCUT2D eigenvalue weighted by molar-refractivity contribution is 5.97. The lowest BCUT2D eigenvalue weighted by Crippen LogP contribution is -2.01. The van der Waals surface area contributed by atoms with Gasteiger partial charge in [0.15, 0.2) is 11.5 Å². The summed E-state index contributed by atoms with van der Waals surface area (Å²) in [6, 6.07) is 14.6. The van der Waals surface area contributed by atoms with E-state index in [1.165, 1.54) is 7.11 Å². The maximum Gasteiger partial charge on any atom is 0.161 e. The van der Waals surface area contributed by atoms with Crippen molar-refractivity contribution in [1.29, 1.82) is 0 Å². The maximum atomic E-state index is 9.57. The first kappa shape index (κ1) is 17.4. The second-order valence-corrected chi connectivity index (χ2v) is 5.12. The highest BCUT2D eigenvalue weighted by atomic mass is 16.5. The third-order valence-corrected chi connectivity index (χ3v) is 3.39. The fourth-order valence-electron chi connectivity index (χ4n) is 2.12. The molecule has 2 rings (SSSR count). The number of allylic oxidation sites excluding steroid dienone is 1. The molecule has 0 atom stereocenters. The van der Waals surface area contributed by atoms with Crippen LogP contribution in [0.5, 0.6) is 17.2 Å². The van der Waals surface area contributed by atoms with E-state index < -0.39 is 0 Å². The standard InChI is InChI=1S/C19H21NO4/c1-23-19-14-15(10-12-18(19)21)9-11-16(20-22)6-5-13-24-17-7-3-2-4-8-17/h2-4,7-12,14,21-22H,5-6,13H2,1H3. The Morgan fingerprint density at radius 2 is 1.96 bits per heavy atom. The summed E-state index contributed by atoms with van der Waals surface area (Å²) in [4.78, 5) is 0. The van der Waals surface area contributed by atoms with Crippen LogP contribution < -0.4 is 9.47 Å². The normalized spacial score (nSPS) is 11.6. The van der Waals surface area contributed by atoms with E-state index in [0.717, 1.165) is 17.7 Å². The van der Waals surface area contributed by atoms with Crippen LogP contribution in [0.25, 0.3) is 6.08 Å². The molecule has 24 heavy (non-hydrogen) atoms. The summed E-state index contributed by atoms with van der Waals surface area (Å²) in [6.07, 6.45) is 4.86. The van der Waals surface area contributed by atoms with Gasteiger partial charge >= 0.3 is 0 Å². The molecule has 0 aliphatic rings. The molecule has 0 spiro atoms. The zero-order valence-corrected chi connectivity index (χ0v) is 13.6. The van der Waals surface area contributed by atoms with E-state index in [4.69, 9.17) is 14.7 Å². The van der Waals surface area contributed by atoms with Crippen LogP contribution in [0.2, 0.25) is 0 Å². The Kier molecular flexibility index (Phi) is 6.71. The summed E-state index contributed by atoms with van der Waals surface area (Å²) < 4.78 is 10.7. The molecule has 2 N–H and O–H groups in total. The number of hydrogen-bond acceptors (Lipinski definition) is 5. The van der Waals surface area contributed by atoms with Gasteiger partial charge in [-0.15, -0.1) is 0 Å². The van der Waals surface area contributed by atoms with Gasteiger partial charge in [0.05, 0.1) is 19.4 Å². The summed E-state index contributed by atoms with van der Waals surface area (Å²) in [5.74, 6) is 1.31. The molecular formula is C19H21NO4. The minimum atomic E-state index is 0.0868. The Morgan fingerprint density at radius 1 is 1.17 bits per heavy atom. The van der Waals surface area contributed by atoms with Crippen LogP contribution in [-0.4, -0.2) is 29.7 Å². The number of hydrogen-bond donors (Lipinski definition) is 2. The minimum Gasteiger partial charge on any atom is -0.504 e. The molecule has 0 amide bonds. The highest BCUT2D eigenvalue weighted by Gasteiger charge is 2.02. The lowest BCUT2D eigenvalue weighted by atomic mass is 10.1. The Labute approximate surface area is 141 Å². The second kappa shape index (κ2) is 9.25. The van der Waals surface area contributed by atoms with Gasteiger partial charge in [0.1, 0.15) is 5.75 Å². The molecule has 0 radical (unpaired) electrons.